The van der Waals surface area contributed by atoms with E-state index in [1.165, 1.54) is 0 Å². The van der Waals surface area contributed by atoms with Crippen LogP contribution in [-0.4, -0.2) is 6.29 Å². The van der Waals surface area contributed by atoms with Crippen LogP contribution in [0.4, 0.5) is 0 Å². The number of allylic oxidation sites excluding steroid dienone is 12. The Bertz CT molecular complexity index is 419. The normalized spacial score (nSPS) is 13.1. The van der Waals surface area contributed by atoms with Crippen LogP contribution in [0.15, 0.2) is 72.9 Å². The Balaban J connectivity index is 3.49. The van der Waals surface area contributed by atoms with Crippen molar-refractivity contribution in [1.29, 1.82) is 0 Å². The van der Waals surface area contributed by atoms with Gasteiger partial charge < -0.3 is 0 Å². The highest BCUT2D eigenvalue weighted by molar-refractivity contribution is 5.50. The summed E-state index contributed by atoms with van der Waals surface area (Å²) < 4.78 is 0. The van der Waals surface area contributed by atoms with Crippen LogP contribution < -0.4 is 0 Å². The molecule has 0 N–H and O–H groups in total. The van der Waals surface area contributed by atoms with Crippen LogP contribution in [0, 0.1) is 0 Å². The molecule has 0 spiro atoms. The third-order valence-electron chi connectivity index (χ3n) is 3.01. The fraction of sp³-hybridized carbons (Fsp3) is 0.409. The number of hydrogen-bond acceptors (Lipinski definition) is 1. The van der Waals surface area contributed by atoms with Crippen LogP contribution in [0.3, 0.4) is 0 Å². The molecule has 1 heteroatoms. The molecule has 125 valence electrons. The van der Waals surface area contributed by atoms with Gasteiger partial charge in [0.25, 0.3) is 0 Å². The molecule has 0 bridgehead atoms. The predicted molar refractivity (Wildman–Crippen MR) is 103 cm³/mol. The van der Waals surface area contributed by atoms with Crippen LogP contribution in [0.25, 0.3) is 0 Å². The van der Waals surface area contributed by atoms with Gasteiger partial charge in [-0.15, -0.1) is 0 Å². The lowest BCUT2D eigenvalue weighted by Gasteiger charge is -1.86. The molecule has 0 aliphatic heterocycles. The molecule has 0 amide bonds. The first-order valence-electron chi connectivity index (χ1n) is 8.66. The van der Waals surface area contributed by atoms with E-state index in [0.29, 0.717) is 6.42 Å². The highest BCUT2D eigenvalue weighted by atomic mass is 16.1. The second kappa shape index (κ2) is 20.1. The van der Waals surface area contributed by atoms with E-state index in [1.54, 1.807) is 0 Å². The number of unbranched alkanes of at least 4 members (excludes halogenated alkanes) is 1. The van der Waals surface area contributed by atoms with Gasteiger partial charge in [0.05, 0.1) is 0 Å². The maximum Gasteiger partial charge on any atom is 0.198 e. The largest absolute Gasteiger partial charge is 0.291 e. The lowest BCUT2D eigenvalue weighted by molar-refractivity contribution is 0.552. The molecule has 0 fully saturated rings. The third kappa shape index (κ3) is 20.1. The Morgan fingerprint density at radius 2 is 0.913 bits per heavy atom. The topological polar surface area (TPSA) is 17.1 Å². The van der Waals surface area contributed by atoms with Crippen molar-refractivity contribution in [2.45, 2.75) is 58.3 Å². The number of hydrogen-bond donors (Lipinski definition) is 0. The molecule has 0 heterocycles. The van der Waals surface area contributed by atoms with Crippen LogP contribution >= 0.6 is 0 Å². The van der Waals surface area contributed by atoms with Gasteiger partial charge in [-0.05, 0) is 44.9 Å². The summed E-state index contributed by atoms with van der Waals surface area (Å²) in [5.41, 5.74) is 0. The van der Waals surface area contributed by atoms with Gasteiger partial charge >= 0.3 is 0 Å². The predicted octanol–water partition coefficient (Wildman–Crippen LogP) is 6.57. The molecule has 0 aromatic heterocycles. The van der Waals surface area contributed by atoms with E-state index in [9.17, 15) is 4.79 Å². The van der Waals surface area contributed by atoms with E-state index in [4.69, 9.17) is 0 Å². The molecule has 0 saturated carbocycles. The van der Waals surface area contributed by atoms with Gasteiger partial charge in [-0.3, -0.25) is 4.79 Å². The molecule has 0 aromatic carbocycles. The van der Waals surface area contributed by atoms with Gasteiger partial charge in [-0.2, -0.15) is 0 Å². The second-order valence-electron chi connectivity index (χ2n) is 5.10. The third-order valence-corrected chi connectivity index (χ3v) is 3.01. The second-order valence-corrected chi connectivity index (χ2v) is 5.10. The quantitative estimate of drug-likeness (QED) is 0.262. The van der Waals surface area contributed by atoms with Crippen molar-refractivity contribution in [2.24, 2.45) is 0 Å². The zero-order valence-electron chi connectivity index (χ0n) is 14.5. The summed E-state index contributed by atoms with van der Waals surface area (Å²) in [4.78, 5) is 10.00. The maximum atomic E-state index is 10.00. The first-order valence-corrected chi connectivity index (χ1v) is 8.66. The molecule has 0 saturated heterocycles. The van der Waals surface area contributed by atoms with E-state index < -0.39 is 0 Å². The van der Waals surface area contributed by atoms with Crippen molar-refractivity contribution < 1.29 is 4.79 Å². The van der Waals surface area contributed by atoms with Gasteiger partial charge in [0.15, 0.2) is 6.29 Å². The molecular formula is C22H31O. The summed E-state index contributed by atoms with van der Waals surface area (Å²) in [7, 11) is 0. The van der Waals surface area contributed by atoms with Crippen LogP contribution in [0.1, 0.15) is 58.3 Å². The summed E-state index contributed by atoms with van der Waals surface area (Å²) in [5.74, 6) is 0. The summed E-state index contributed by atoms with van der Waals surface area (Å²) in [6, 6.07) is 0. The van der Waals surface area contributed by atoms with Crippen molar-refractivity contribution in [3.8, 4) is 0 Å². The zero-order chi connectivity index (χ0) is 16.8. The highest BCUT2D eigenvalue weighted by Gasteiger charge is 1.78. The lowest BCUT2D eigenvalue weighted by Crippen LogP contribution is -1.69. The van der Waals surface area contributed by atoms with Crippen molar-refractivity contribution in [2.75, 3.05) is 0 Å². The zero-order valence-corrected chi connectivity index (χ0v) is 14.5. The van der Waals surface area contributed by atoms with Gasteiger partial charge in [0.2, 0.25) is 0 Å². The standard InChI is InChI=1S/C22H31O/c1-2-3-4-5-6-7-8-9-10-11-12-13-14-15-16-17-18-19-20-21-22-23/h3-4,6-7,9-10,12-13,15-16,18-19H,2,5,8,11,14,17,20-21H2,1H3. The first kappa shape index (κ1) is 21.1. The lowest BCUT2D eigenvalue weighted by atomic mass is 10.2. The van der Waals surface area contributed by atoms with Crippen LogP contribution in [0.5, 0.6) is 0 Å². The van der Waals surface area contributed by atoms with Gasteiger partial charge in [0.1, 0.15) is 0 Å². The van der Waals surface area contributed by atoms with E-state index in [1.807, 2.05) is 12.4 Å². The van der Waals surface area contributed by atoms with Crippen LogP contribution in [-0.2, 0) is 4.79 Å². The molecule has 0 aromatic rings. The van der Waals surface area contributed by atoms with Crippen molar-refractivity contribution >= 4 is 6.29 Å². The molecule has 1 radical (unpaired) electrons. The first-order chi connectivity index (χ1) is 11.4. The monoisotopic (exact) mass is 311 g/mol. The summed E-state index contributed by atoms with van der Waals surface area (Å²) in [6.45, 7) is 2.15. The van der Waals surface area contributed by atoms with Gasteiger partial charge in [-0.1, -0.05) is 79.8 Å². The summed E-state index contributed by atoms with van der Waals surface area (Å²) >= 11 is 0. The Kier molecular flexibility index (Phi) is 18.5. The molecule has 0 aliphatic rings. The maximum absolute atomic E-state index is 10.00. The average Bonchev–Trinajstić information content (AvgIpc) is 2.57. The van der Waals surface area contributed by atoms with Crippen molar-refractivity contribution in [3.05, 3.63) is 72.9 Å². The van der Waals surface area contributed by atoms with Crippen LogP contribution in [0.2, 0.25) is 0 Å². The smallest absolute Gasteiger partial charge is 0.198 e. The van der Waals surface area contributed by atoms with E-state index >= 15 is 0 Å². The minimum atomic E-state index is 0.502. The Morgan fingerprint density at radius 1 is 0.565 bits per heavy atom. The highest BCUT2D eigenvalue weighted by Crippen LogP contribution is 1.97. The van der Waals surface area contributed by atoms with Crippen molar-refractivity contribution in [3.63, 3.8) is 0 Å². The minimum absolute atomic E-state index is 0.502. The molecule has 0 aliphatic carbocycles. The summed E-state index contributed by atoms with van der Waals surface area (Å²) in [5, 5.41) is 0. The molecule has 1 nitrogen and oxygen atoms in total. The Morgan fingerprint density at radius 3 is 1.26 bits per heavy atom. The SMILES string of the molecule is CCC=CCC=CCC=CCC=CCC=CCC=CCC[C]=O. The van der Waals surface area contributed by atoms with Gasteiger partial charge in [-0.25, -0.2) is 0 Å². The average molecular weight is 311 g/mol. The Hall–Kier alpha value is -1.89. The van der Waals surface area contributed by atoms with E-state index in [2.05, 4.69) is 73.8 Å². The van der Waals surface area contributed by atoms with E-state index in [0.717, 1.165) is 44.9 Å². The molecular weight excluding hydrogens is 280 g/mol. The molecule has 23 heavy (non-hydrogen) atoms. The molecule has 0 rings (SSSR count). The molecule has 0 unspecified atom stereocenters. The van der Waals surface area contributed by atoms with E-state index in [-0.39, 0.29) is 0 Å². The fourth-order valence-corrected chi connectivity index (χ4v) is 1.78. The number of carbonyl (C=O) groups excluding carboxylic acids is 1. The Labute approximate surface area is 142 Å². The minimum Gasteiger partial charge on any atom is -0.291 e. The summed E-state index contributed by atoms with van der Waals surface area (Å²) in [6.07, 6.45) is 35.4. The van der Waals surface area contributed by atoms with Gasteiger partial charge in [0, 0.05) is 6.42 Å². The number of rotatable bonds is 14. The fourth-order valence-electron chi connectivity index (χ4n) is 1.78. The van der Waals surface area contributed by atoms with Crippen molar-refractivity contribution in [1.82, 2.24) is 0 Å². The molecule has 0 atom stereocenters.